The van der Waals surface area contributed by atoms with E-state index in [0.29, 0.717) is 12.0 Å². The fourth-order valence-electron chi connectivity index (χ4n) is 2.78. The lowest BCUT2D eigenvalue weighted by Crippen LogP contribution is -2.22. The second kappa shape index (κ2) is 8.85. The SMILES string of the molecule is CNS(=O)(=O)c1cc(C(=O)N=c2ccccn2Cc2ccccc2)ccc1OC. The van der Waals surface area contributed by atoms with E-state index >= 15 is 0 Å². The molecule has 1 N–H and O–H groups in total. The number of sulfonamides is 1. The Morgan fingerprint density at radius 3 is 2.48 bits per heavy atom. The fourth-order valence-corrected chi connectivity index (χ4v) is 3.70. The third-order valence-electron chi connectivity index (χ3n) is 4.30. The number of nitrogens with zero attached hydrogens (tertiary/aromatic N) is 2. The molecule has 1 amide bonds. The number of hydrogen-bond donors (Lipinski definition) is 1. The summed E-state index contributed by atoms with van der Waals surface area (Å²) < 4.78 is 33.7. The van der Waals surface area contributed by atoms with Crippen LogP contribution in [0.25, 0.3) is 0 Å². The highest BCUT2D eigenvalue weighted by Crippen LogP contribution is 2.24. The van der Waals surface area contributed by atoms with Crippen LogP contribution < -0.4 is 14.9 Å². The first-order chi connectivity index (χ1) is 13.9. The standard InChI is InChI=1S/C21H21N3O4S/c1-22-29(26,27)19-14-17(11-12-18(19)28-2)21(25)23-20-10-6-7-13-24(20)15-16-8-4-3-5-9-16/h3-14,22H,15H2,1-2H3. The molecule has 3 rings (SSSR count). The number of benzene rings is 2. The molecule has 0 radical (unpaired) electrons. The van der Waals surface area contributed by atoms with Crippen molar-refractivity contribution in [3.8, 4) is 5.75 Å². The van der Waals surface area contributed by atoms with Crippen LogP contribution in [0.2, 0.25) is 0 Å². The zero-order chi connectivity index (χ0) is 20.9. The third kappa shape index (κ3) is 4.79. The zero-order valence-corrected chi connectivity index (χ0v) is 16.9. The monoisotopic (exact) mass is 411 g/mol. The number of pyridine rings is 1. The molecule has 2 aromatic carbocycles. The topological polar surface area (TPSA) is 89.8 Å². The van der Waals surface area contributed by atoms with Gasteiger partial charge >= 0.3 is 0 Å². The Balaban J connectivity index is 2.01. The highest BCUT2D eigenvalue weighted by atomic mass is 32.2. The van der Waals surface area contributed by atoms with Gasteiger partial charge in [0.2, 0.25) is 10.0 Å². The second-order valence-electron chi connectivity index (χ2n) is 6.16. The molecule has 0 saturated heterocycles. The molecule has 0 spiro atoms. The van der Waals surface area contributed by atoms with Crippen molar-refractivity contribution in [2.45, 2.75) is 11.4 Å². The Hall–Kier alpha value is -3.23. The smallest absolute Gasteiger partial charge is 0.278 e. The van der Waals surface area contributed by atoms with E-state index in [2.05, 4.69) is 9.71 Å². The molecule has 29 heavy (non-hydrogen) atoms. The molecule has 8 heteroatoms. The number of carbonyl (C=O) groups is 1. The van der Waals surface area contributed by atoms with E-state index in [1.807, 2.05) is 47.2 Å². The van der Waals surface area contributed by atoms with Crippen molar-refractivity contribution in [3.05, 3.63) is 89.5 Å². The van der Waals surface area contributed by atoms with E-state index < -0.39 is 15.9 Å². The molecule has 1 heterocycles. The van der Waals surface area contributed by atoms with Gasteiger partial charge < -0.3 is 9.30 Å². The van der Waals surface area contributed by atoms with E-state index in [1.165, 1.54) is 32.4 Å². The largest absolute Gasteiger partial charge is 0.495 e. The minimum Gasteiger partial charge on any atom is -0.495 e. The van der Waals surface area contributed by atoms with E-state index in [-0.39, 0.29) is 16.2 Å². The van der Waals surface area contributed by atoms with Gasteiger partial charge in [0, 0.05) is 18.3 Å². The summed E-state index contributed by atoms with van der Waals surface area (Å²) in [5.41, 5.74) is 1.68. The minimum absolute atomic E-state index is 0.117. The molecule has 0 unspecified atom stereocenters. The number of aromatic nitrogens is 1. The fraction of sp³-hybridized carbons (Fsp3) is 0.143. The Bertz CT molecular complexity index is 1190. The first-order valence-electron chi connectivity index (χ1n) is 8.84. The van der Waals surface area contributed by atoms with Crippen molar-refractivity contribution in [3.63, 3.8) is 0 Å². The summed E-state index contributed by atoms with van der Waals surface area (Å²) >= 11 is 0. The molecular formula is C21H21N3O4S. The predicted octanol–water partition coefficient (Wildman–Crippen LogP) is 2.19. The quantitative estimate of drug-likeness (QED) is 0.673. The van der Waals surface area contributed by atoms with Gasteiger partial charge in [-0.2, -0.15) is 4.99 Å². The minimum atomic E-state index is -3.79. The molecule has 0 bridgehead atoms. The Morgan fingerprint density at radius 1 is 1.07 bits per heavy atom. The van der Waals surface area contributed by atoms with Crippen molar-refractivity contribution >= 4 is 15.9 Å². The van der Waals surface area contributed by atoms with Crippen LogP contribution in [-0.2, 0) is 16.6 Å². The molecule has 0 aliphatic rings. The van der Waals surface area contributed by atoms with Crippen molar-refractivity contribution in [2.75, 3.05) is 14.2 Å². The molecular weight excluding hydrogens is 390 g/mol. The molecule has 150 valence electrons. The van der Waals surface area contributed by atoms with Crippen molar-refractivity contribution in [1.82, 2.24) is 9.29 Å². The van der Waals surface area contributed by atoms with Crippen molar-refractivity contribution < 1.29 is 17.9 Å². The van der Waals surface area contributed by atoms with Gasteiger partial charge in [0.15, 0.2) is 0 Å². The lowest BCUT2D eigenvalue weighted by molar-refractivity contribution is 0.0997. The van der Waals surface area contributed by atoms with Crippen molar-refractivity contribution in [1.29, 1.82) is 0 Å². The van der Waals surface area contributed by atoms with Crippen molar-refractivity contribution in [2.24, 2.45) is 4.99 Å². The van der Waals surface area contributed by atoms with Crippen LogP contribution >= 0.6 is 0 Å². The summed E-state index contributed by atoms with van der Waals surface area (Å²) in [6.07, 6.45) is 1.84. The highest BCUT2D eigenvalue weighted by Gasteiger charge is 2.20. The molecule has 3 aromatic rings. The molecule has 0 aliphatic heterocycles. The maximum atomic E-state index is 12.7. The Labute approximate surface area is 169 Å². The number of ether oxygens (including phenoxy) is 1. The number of amides is 1. The van der Waals surface area contributed by atoms with Gasteiger partial charge in [-0.15, -0.1) is 0 Å². The third-order valence-corrected chi connectivity index (χ3v) is 5.73. The van der Waals surface area contributed by atoms with E-state index in [4.69, 9.17) is 4.74 Å². The molecule has 0 saturated carbocycles. The number of methoxy groups -OCH3 is 1. The lowest BCUT2D eigenvalue weighted by Gasteiger charge is -2.10. The summed E-state index contributed by atoms with van der Waals surface area (Å²) in [5, 5.41) is 0. The summed E-state index contributed by atoms with van der Waals surface area (Å²) in [4.78, 5) is 16.8. The van der Waals surface area contributed by atoms with Gasteiger partial charge in [0.05, 0.1) is 7.11 Å². The Morgan fingerprint density at radius 2 is 1.79 bits per heavy atom. The maximum Gasteiger partial charge on any atom is 0.278 e. The highest BCUT2D eigenvalue weighted by molar-refractivity contribution is 7.89. The summed E-state index contributed by atoms with van der Waals surface area (Å²) in [6.45, 7) is 0.551. The van der Waals surface area contributed by atoms with Gasteiger partial charge in [0.1, 0.15) is 16.1 Å². The number of rotatable bonds is 6. The first kappa shape index (κ1) is 20.5. The summed E-state index contributed by atoms with van der Waals surface area (Å²) in [5.74, 6) is -0.400. The Kier molecular flexibility index (Phi) is 6.26. The van der Waals surface area contributed by atoms with Crippen LogP contribution in [-0.4, -0.2) is 33.0 Å². The zero-order valence-electron chi connectivity index (χ0n) is 16.1. The van der Waals surface area contributed by atoms with Crippen LogP contribution in [0.3, 0.4) is 0 Å². The molecule has 0 atom stereocenters. The molecule has 0 fully saturated rings. The van der Waals surface area contributed by atoms with Crippen LogP contribution in [0.1, 0.15) is 15.9 Å². The number of nitrogens with one attached hydrogen (secondary N) is 1. The van der Waals surface area contributed by atoms with Gasteiger partial charge in [-0.3, -0.25) is 4.79 Å². The summed E-state index contributed by atoms with van der Waals surface area (Å²) in [6, 6.07) is 19.4. The molecule has 1 aromatic heterocycles. The number of hydrogen-bond acceptors (Lipinski definition) is 4. The maximum absolute atomic E-state index is 12.7. The molecule has 0 aliphatic carbocycles. The number of carbonyl (C=O) groups excluding carboxylic acids is 1. The van der Waals surface area contributed by atoms with Gasteiger partial charge in [0.25, 0.3) is 5.91 Å². The molecule has 7 nitrogen and oxygen atoms in total. The van der Waals surface area contributed by atoms with E-state index in [9.17, 15) is 13.2 Å². The predicted molar refractivity (Wildman–Crippen MR) is 109 cm³/mol. The second-order valence-corrected chi connectivity index (χ2v) is 8.02. The van der Waals surface area contributed by atoms with Gasteiger partial charge in [-0.1, -0.05) is 36.4 Å². The van der Waals surface area contributed by atoms with Gasteiger partial charge in [-0.25, -0.2) is 13.1 Å². The average Bonchev–Trinajstić information content (AvgIpc) is 2.75. The van der Waals surface area contributed by atoms with Crippen LogP contribution in [0.5, 0.6) is 5.75 Å². The van der Waals surface area contributed by atoms with E-state index in [1.54, 1.807) is 12.1 Å². The van der Waals surface area contributed by atoms with Gasteiger partial charge in [-0.05, 0) is 42.9 Å². The normalized spacial score (nSPS) is 12.0. The van der Waals surface area contributed by atoms with Crippen LogP contribution in [0, 0.1) is 0 Å². The first-order valence-corrected chi connectivity index (χ1v) is 10.3. The van der Waals surface area contributed by atoms with Crippen LogP contribution in [0.15, 0.2) is 82.8 Å². The lowest BCUT2D eigenvalue weighted by atomic mass is 10.2. The average molecular weight is 411 g/mol. The summed E-state index contributed by atoms with van der Waals surface area (Å²) in [7, 11) is -1.13. The van der Waals surface area contributed by atoms with E-state index in [0.717, 1.165) is 5.56 Å². The van der Waals surface area contributed by atoms with Crippen LogP contribution in [0.4, 0.5) is 0 Å².